The molecule has 0 aliphatic carbocycles. The van der Waals surface area contributed by atoms with Crippen molar-refractivity contribution in [3.05, 3.63) is 102 Å². The fourth-order valence-electron chi connectivity index (χ4n) is 3.63. The van der Waals surface area contributed by atoms with Crippen molar-refractivity contribution in [1.82, 2.24) is 3.97 Å². The average molecular weight is 390 g/mol. The van der Waals surface area contributed by atoms with Gasteiger partial charge in [-0.3, -0.25) is 0 Å². The number of unbranched alkanes of at least 4 members (excludes halogenated alkanes) is 1. The Morgan fingerprint density at radius 2 is 1.36 bits per heavy atom. The van der Waals surface area contributed by atoms with Gasteiger partial charge < -0.3 is 0 Å². The van der Waals surface area contributed by atoms with E-state index in [0.29, 0.717) is 4.90 Å². The van der Waals surface area contributed by atoms with E-state index in [-0.39, 0.29) is 0 Å². The Hall–Kier alpha value is -2.85. The molecule has 0 atom stereocenters. The highest BCUT2D eigenvalue weighted by Crippen LogP contribution is 2.26. The molecule has 3 aromatic carbocycles. The van der Waals surface area contributed by atoms with Crippen LogP contribution in [0.2, 0.25) is 0 Å². The normalized spacial score (nSPS) is 11.7. The third-order valence-corrected chi connectivity index (χ3v) is 6.80. The van der Waals surface area contributed by atoms with Crippen LogP contribution in [0.5, 0.6) is 0 Å². The van der Waals surface area contributed by atoms with Crippen molar-refractivity contribution in [3.8, 4) is 0 Å². The van der Waals surface area contributed by atoms with E-state index < -0.39 is 10.0 Å². The Morgan fingerprint density at radius 3 is 2.11 bits per heavy atom. The maximum atomic E-state index is 13.0. The molecule has 4 heteroatoms. The minimum absolute atomic E-state index is 0.306. The van der Waals surface area contributed by atoms with Crippen molar-refractivity contribution in [2.24, 2.45) is 0 Å². The van der Waals surface area contributed by atoms with Gasteiger partial charge in [-0.1, -0.05) is 60.7 Å². The summed E-state index contributed by atoms with van der Waals surface area (Å²) in [5.74, 6) is 0. The first-order valence-corrected chi connectivity index (χ1v) is 11.0. The lowest BCUT2D eigenvalue weighted by atomic mass is 10.0. The summed E-state index contributed by atoms with van der Waals surface area (Å²) in [6.45, 7) is 0. The lowest BCUT2D eigenvalue weighted by molar-refractivity contribution is 0.589. The van der Waals surface area contributed by atoms with Gasteiger partial charge in [-0.05, 0) is 61.1 Å². The van der Waals surface area contributed by atoms with Crippen molar-refractivity contribution in [3.63, 3.8) is 0 Å². The maximum Gasteiger partial charge on any atom is 0.268 e. The highest BCUT2D eigenvalue weighted by atomic mass is 32.2. The van der Waals surface area contributed by atoms with Crippen LogP contribution in [0.25, 0.3) is 10.9 Å². The number of aromatic nitrogens is 1. The number of fused-ring (bicyclic) bond motifs is 1. The molecule has 0 radical (unpaired) electrons. The van der Waals surface area contributed by atoms with Crippen LogP contribution < -0.4 is 0 Å². The minimum atomic E-state index is -3.58. The van der Waals surface area contributed by atoms with E-state index in [1.807, 2.05) is 30.3 Å². The molecule has 0 aliphatic heterocycles. The molecule has 0 spiro atoms. The van der Waals surface area contributed by atoms with Crippen LogP contribution in [0.4, 0.5) is 0 Å². The molecule has 4 aromatic rings. The second-order valence-electron chi connectivity index (χ2n) is 6.97. The van der Waals surface area contributed by atoms with E-state index in [1.165, 1.54) is 15.1 Å². The van der Waals surface area contributed by atoms with E-state index in [0.717, 1.165) is 36.6 Å². The summed E-state index contributed by atoms with van der Waals surface area (Å²) in [5.41, 5.74) is 3.30. The molecule has 3 nitrogen and oxygen atoms in total. The Bertz CT molecular complexity index is 1160. The van der Waals surface area contributed by atoms with Gasteiger partial charge >= 0.3 is 0 Å². The zero-order valence-electron chi connectivity index (χ0n) is 15.7. The van der Waals surface area contributed by atoms with Crippen molar-refractivity contribution in [2.75, 3.05) is 0 Å². The van der Waals surface area contributed by atoms with Crippen molar-refractivity contribution in [1.29, 1.82) is 0 Å². The first-order chi connectivity index (χ1) is 13.7. The summed E-state index contributed by atoms with van der Waals surface area (Å²) in [4.78, 5) is 0.306. The molecule has 28 heavy (non-hydrogen) atoms. The highest BCUT2D eigenvalue weighted by Gasteiger charge is 2.19. The number of benzene rings is 3. The average Bonchev–Trinajstić information content (AvgIpc) is 3.18. The first-order valence-electron chi connectivity index (χ1n) is 9.60. The van der Waals surface area contributed by atoms with Gasteiger partial charge in [0, 0.05) is 11.6 Å². The van der Waals surface area contributed by atoms with E-state index in [1.54, 1.807) is 30.5 Å². The van der Waals surface area contributed by atoms with Crippen molar-refractivity contribution >= 4 is 20.9 Å². The highest BCUT2D eigenvalue weighted by molar-refractivity contribution is 7.90. The molecule has 0 bridgehead atoms. The SMILES string of the molecule is O=S(=O)(c1ccccc1)n1ccc2c(CCCCc3ccccc3)cccc21. The summed E-state index contributed by atoms with van der Waals surface area (Å²) in [6, 6.07) is 26.9. The van der Waals surface area contributed by atoms with E-state index in [2.05, 4.69) is 30.3 Å². The van der Waals surface area contributed by atoms with Gasteiger partial charge in [0.25, 0.3) is 10.0 Å². The molecule has 0 N–H and O–H groups in total. The minimum Gasteiger partial charge on any atom is -0.241 e. The molecule has 0 aliphatic rings. The number of rotatable bonds is 7. The third kappa shape index (κ3) is 3.73. The van der Waals surface area contributed by atoms with Crippen molar-refractivity contribution < 1.29 is 8.42 Å². The fourth-order valence-corrected chi connectivity index (χ4v) is 5.00. The monoisotopic (exact) mass is 389 g/mol. The largest absolute Gasteiger partial charge is 0.268 e. The Labute approximate surface area is 166 Å². The van der Waals surface area contributed by atoms with Gasteiger partial charge in [-0.2, -0.15) is 0 Å². The van der Waals surface area contributed by atoms with E-state index >= 15 is 0 Å². The number of aryl methyl sites for hydroxylation is 2. The molecular weight excluding hydrogens is 366 g/mol. The lowest BCUT2D eigenvalue weighted by Gasteiger charge is -2.09. The number of hydrogen-bond acceptors (Lipinski definition) is 2. The van der Waals surface area contributed by atoms with Crippen LogP contribution >= 0.6 is 0 Å². The molecule has 0 saturated heterocycles. The smallest absolute Gasteiger partial charge is 0.241 e. The zero-order valence-corrected chi connectivity index (χ0v) is 16.5. The van der Waals surface area contributed by atoms with Crippen LogP contribution in [0.1, 0.15) is 24.0 Å². The van der Waals surface area contributed by atoms with Crippen LogP contribution in [-0.2, 0) is 22.9 Å². The fraction of sp³-hybridized carbons (Fsp3) is 0.167. The Kier molecular flexibility index (Phi) is 5.31. The summed E-state index contributed by atoms with van der Waals surface area (Å²) in [5, 5.41) is 1.02. The van der Waals surface area contributed by atoms with Gasteiger partial charge in [0.15, 0.2) is 0 Å². The van der Waals surface area contributed by atoms with Crippen molar-refractivity contribution in [2.45, 2.75) is 30.6 Å². The second kappa shape index (κ2) is 8.03. The molecule has 1 heterocycles. The predicted octanol–water partition coefficient (Wildman–Crippen LogP) is 5.44. The van der Waals surface area contributed by atoms with Gasteiger partial charge in [0.05, 0.1) is 10.4 Å². The molecule has 142 valence electrons. The third-order valence-electron chi connectivity index (χ3n) is 5.09. The Balaban J connectivity index is 1.54. The Morgan fingerprint density at radius 1 is 0.679 bits per heavy atom. The first kappa shape index (κ1) is 18.5. The van der Waals surface area contributed by atoms with Crippen LogP contribution in [0.15, 0.2) is 96.0 Å². The van der Waals surface area contributed by atoms with E-state index in [9.17, 15) is 8.42 Å². The summed E-state index contributed by atoms with van der Waals surface area (Å²) < 4.78 is 27.4. The van der Waals surface area contributed by atoms with Gasteiger partial charge in [-0.25, -0.2) is 12.4 Å². The topological polar surface area (TPSA) is 39.1 Å². The predicted molar refractivity (Wildman–Crippen MR) is 114 cm³/mol. The second-order valence-corrected chi connectivity index (χ2v) is 8.79. The summed E-state index contributed by atoms with van der Waals surface area (Å²) >= 11 is 0. The molecule has 0 amide bonds. The molecular formula is C24H23NO2S. The van der Waals surface area contributed by atoms with Gasteiger partial charge in [-0.15, -0.1) is 0 Å². The van der Waals surface area contributed by atoms with Gasteiger partial charge in [0.1, 0.15) is 0 Å². The molecule has 0 unspecified atom stereocenters. The molecule has 0 fully saturated rings. The van der Waals surface area contributed by atoms with Gasteiger partial charge in [0.2, 0.25) is 0 Å². The molecule has 1 aromatic heterocycles. The van der Waals surface area contributed by atoms with Crippen LogP contribution in [0.3, 0.4) is 0 Å². The number of hydrogen-bond donors (Lipinski definition) is 0. The summed E-state index contributed by atoms with van der Waals surface area (Å²) in [7, 11) is -3.58. The zero-order chi connectivity index (χ0) is 19.4. The van der Waals surface area contributed by atoms with E-state index in [4.69, 9.17) is 0 Å². The summed E-state index contributed by atoms with van der Waals surface area (Å²) in [6.07, 6.45) is 5.87. The number of nitrogens with zero attached hydrogens (tertiary/aromatic N) is 1. The quantitative estimate of drug-likeness (QED) is 0.395. The maximum absolute atomic E-state index is 13.0. The molecule has 0 saturated carbocycles. The standard InChI is InChI=1S/C24H23NO2S/c26-28(27,22-15-5-2-6-16-22)25-19-18-23-21(14-9-17-24(23)25)13-8-7-12-20-10-3-1-4-11-20/h1-6,9-11,14-19H,7-8,12-13H2. The lowest BCUT2D eigenvalue weighted by Crippen LogP contribution is -2.11. The molecule has 4 rings (SSSR count). The van der Waals surface area contributed by atoms with Crippen LogP contribution in [0, 0.1) is 0 Å². The van der Waals surface area contributed by atoms with Crippen LogP contribution in [-0.4, -0.2) is 12.4 Å².